The number of hydrogen-bond donors (Lipinski definition) is 0. The van der Waals surface area contributed by atoms with Gasteiger partial charge in [-0.15, -0.1) is 0 Å². The van der Waals surface area contributed by atoms with Gasteiger partial charge in [0.2, 0.25) is 5.95 Å². The summed E-state index contributed by atoms with van der Waals surface area (Å²) in [4.78, 5) is 6.57. The highest BCUT2D eigenvalue weighted by atomic mass is 32.2. The third kappa shape index (κ3) is 3.51. The Labute approximate surface area is 158 Å². The highest BCUT2D eigenvalue weighted by Crippen LogP contribution is 2.39. The van der Waals surface area contributed by atoms with Crippen molar-refractivity contribution < 1.29 is 21.9 Å². The molecule has 0 unspecified atom stereocenters. The molecule has 3 aliphatic heterocycles. The van der Waals surface area contributed by atoms with Gasteiger partial charge in [-0.05, 0) is 31.6 Å². The second-order valence-corrected chi connectivity index (χ2v) is 9.83. The maximum absolute atomic E-state index is 15.3. The molecule has 4 rings (SSSR count). The lowest BCUT2D eigenvalue weighted by molar-refractivity contribution is 0.115. The first-order valence-electron chi connectivity index (χ1n) is 9.60. The van der Waals surface area contributed by atoms with Crippen molar-refractivity contribution in [2.45, 2.75) is 43.6 Å². The summed E-state index contributed by atoms with van der Waals surface area (Å²) in [5, 5.41) is 0. The number of sulfone groups is 1. The zero-order valence-electron chi connectivity index (χ0n) is 15.5. The molecule has 0 aliphatic carbocycles. The summed E-state index contributed by atoms with van der Waals surface area (Å²) < 4.78 is 61.0. The van der Waals surface area contributed by atoms with Gasteiger partial charge in [0.1, 0.15) is 10.6 Å². The molecule has 0 saturated carbocycles. The number of aromatic nitrogens is 1. The highest BCUT2D eigenvalue weighted by molar-refractivity contribution is 7.91. The van der Waals surface area contributed by atoms with Gasteiger partial charge in [-0.3, -0.25) is 0 Å². The molecular weight excluding hydrogens is 376 g/mol. The number of halogens is 2. The summed E-state index contributed by atoms with van der Waals surface area (Å²) in [5.41, 5.74) is -0.233. The van der Waals surface area contributed by atoms with Crippen LogP contribution in [0.2, 0.25) is 0 Å². The minimum Gasteiger partial charge on any atom is -0.376 e. The van der Waals surface area contributed by atoms with Crippen LogP contribution in [0.3, 0.4) is 0 Å². The smallest absolute Gasteiger partial charge is 0.239 e. The van der Waals surface area contributed by atoms with Gasteiger partial charge in [-0.1, -0.05) is 6.92 Å². The van der Waals surface area contributed by atoms with Crippen LogP contribution in [0.1, 0.15) is 32.6 Å². The van der Waals surface area contributed by atoms with Crippen molar-refractivity contribution in [2.75, 3.05) is 48.3 Å². The van der Waals surface area contributed by atoms with E-state index in [1.807, 2.05) is 0 Å². The molecule has 0 aromatic carbocycles. The molecule has 27 heavy (non-hydrogen) atoms. The number of fused-ring (bicyclic) bond motifs is 1. The van der Waals surface area contributed by atoms with E-state index >= 15 is 4.39 Å². The predicted molar refractivity (Wildman–Crippen MR) is 98.0 cm³/mol. The average molecular weight is 401 g/mol. The molecule has 4 heterocycles. The fourth-order valence-corrected chi connectivity index (χ4v) is 5.68. The van der Waals surface area contributed by atoms with Crippen LogP contribution < -0.4 is 9.80 Å². The predicted octanol–water partition coefficient (Wildman–Crippen LogP) is 2.37. The fourth-order valence-electron chi connectivity index (χ4n) is 4.14. The van der Waals surface area contributed by atoms with Crippen LogP contribution in [0, 0.1) is 17.7 Å². The molecule has 9 heteroatoms. The Hall–Kier alpha value is -1.48. The SMILES string of the molecule is CC1CCN(c2nc(F)c3c(c2F)S(=O)(=O)CCN3C[C@@H]2CCCO2)CC1. The first-order valence-corrected chi connectivity index (χ1v) is 11.3. The summed E-state index contributed by atoms with van der Waals surface area (Å²) in [6.45, 7) is 4.31. The van der Waals surface area contributed by atoms with Crippen LogP contribution in [-0.2, 0) is 14.6 Å². The third-order valence-electron chi connectivity index (χ3n) is 5.80. The van der Waals surface area contributed by atoms with E-state index < -0.39 is 26.5 Å². The lowest BCUT2D eigenvalue weighted by Crippen LogP contribution is -2.42. The first-order chi connectivity index (χ1) is 12.9. The molecule has 1 aromatic heterocycles. The normalized spacial score (nSPS) is 25.7. The molecule has 6 nitrogen and oxygen atoms in total. The maximum Gasteiger partial charge on any atom is 0.239 e. The Morgan fingerprint density at radius 3 is 2.59 bits per heavy atom. The van der Waals surface area contributed by atoms with Crippen LogP contribution in [0.5, 0.6) is 0 Å². The summed E-state index contributed by atoms with van der Waals surface area (Å²) in [6.07, 6.45) is 3.35. The van der Waals surface area contributed by atoms with E-state index in [9.17, 15) is 12.8 Å². The number of rotatable bonds is 3. The Morgan fingerprint density at radius 1 is 1.19 bits per heavy atom. The molecular formula is C18H25F2N3O3S. The monoisotopic (exact) mass is 401 g/mol. The molecule has 150 valence electrons. The first kappa shape index (κ1) is 18.9. The molecule has 0 N–H and O–H groups in total. The second kappa shape index (κ2) is 7.16. The van der Waals surface area contributed by atoms with Crippen molar-refractivity contribution in [1.29, 1.82) is 0 Å². The Bertz CT molecular complexity index is 820. The van der Waals surface area contributed by atoms with Crippen LogP contribution >= 0.6 is 0 Å². The number of anilines is 2. The molecule has 2 fully saturated rings. The summed E-state index contributed by atoms with van der Waals surface area (Å²) in [6, 6.07) is 0. The number of nitrogens with zero attached hydrogens (tertiary/aromatic N) is 3. The van der Waals surface area contributed by atoms with Crippen LogP contribution in [-0.4, -0.2) is 58.0 Å². The zero-order valence-corrected chi connectivity index (χ0v) is 16.3. The van der Waals surface area contributed by atoms with Crippen molar-refractivity contribution >= 4 is 21.3 Å². The van der Waals surface area contributed by atoms with E-state index in [0.717, 1.165) is 25.7 Å². The molecule has 0 radical (unpaired) electrons. The van der Waals surface area contributed by atoms with Crippen molar-refractivity contribution in [1.82, 2.24) is 4.98 Å². The van der Waals surface area contributed by atoms with E-state index in [-0.39, 0.29) is 29.9 Å². The molecule has 2 saturated heterocycles. The molecule has 1 aromatic rings. The number of pyridine rings is 1. The maximum atomic E-state index is 15.3. The highest BCUT2D eigenvalue weighted by Gasteiger charge is 2.39. The standard InChI is InChI=1S/C18H25F2N3O3S/c1-12-4-6-22(7-5-12)18-14(19)16-15(17(20)21-18)23(8-10-27(16,24)25)11-13-3-2-9-26-13/h12-13H,2-11H2,1H3/t13-/m0/s1. The van der Waals surface area contributed by atoms with Crippen LogP contribution in [0.4, 0.5) is 20.3 Å². The van der Waals surface area contributed by atoms with Crippen LogP contribution in [0.25, 0.3) is 0 Å². The molecule has 1 atom stereocenters. The van der Waals surface area contributed by atoms with Gasteiger partial charge < -0.3 is 14.5 Å². The molecule has 0 spiro atoms. The van der Waals surface area contributed by atoms with E-state index in [1.54, 1.807) is 9.80 Å². The van der Waals surface area contributed by atoms with Gasteiger partial charge in [0, 0.05) is 32.8 Å². The van der Waals surface area contributed by atoms with Crippen molar-refractivity contribution in [2.24, 2.45) is 5.92 Å². The van der Waals surface area contributed by atoms with Crippen LogP contribution in [0.15, 0.2) is 4.90 Å². The lowest BCUT2D eigenvalue weighted by Gasteiger charge is -2.35. The lowest BCUT2D eigenvalue weighted by atomic mass is 9.99. The van der Waals surface area contributed by atoms with E-state index in [2.05, 4.69) is 11.9 Å². The number of ether oxygens (including phenoxy) is 1. The Morgan fingerprint density at radius 2 is 1.93 bits per heavy atom. The molecule has 0 bridgehead atoms. The van der Waals surface area contributed by atoms with E-state index in [4.69, 9.17) is 4.74 Å². The van der Waals surface area contributed by atoms with Gasteiger partial charge in [0.05, 0.1) is 11.9 Å². The Balaban J connectivity index is 1.74. The third-order valence-corrected chi connectivity index (χ3v) is 7.51. The molecule has 3 aliphatic rings. The van der Waals surface area contributed by atoms with E-state index in [1.165, 1.54) is 0 Å². The van der Waals surface area contributed by atoms with Gasteiger partial charge in [-0.25, -0.2) is 12.8 Å². The number of hydrogen-bond acceptors (Lipinski definition) is 6. The summed E-state index contributed by atoms with van der Waals surface area (Å²) in [7, 11) is -3.90. The average Bonchev–Trinajstić information content (AvgIpc) is 3.13. The largest absolute Gasteiger partial charge is 0.376 e. The van der Waals surface area contributed by atoms with Crippen molar-refractivity contribution in [3.05, 3.63) is 11.8 Å². The van der Waals surface area contributed by atoms with Gasteiger partial charge in [0.15, 0.2) is 21.5 Å². The second-order valence-electron chi connectivity index (χ2n) is 7.79. The zero-order chi connectivity index (χ0) is 19.2. The Kier molecular flexibility index (Phi) is 5.00. The summed E-state index contributed by atoms with van der Waals surface area (Å²) in [5.74, 6) is -1.73. The topological polar surface area (TPSA) is 62.7 Å². The van der Waals surface area contributed by atoms with Gasteiger partial charge in [-0.2, -0.15) is 9.37 Å². The molecule has 0 amide bonds. The fraction of sp³-hybridized carbons (Fsp3) is 0.722. The minimum atomic E-state index is -3.90. The van der Waals surface area contributed by atoms with Crippen molar-refractivity contribution in [3.8, 4) is 0 Å². The van der Waals surface area contributed by atoms with Crippen molar-refractivity contribution in [3.63, 3.8) is 0 Å². The minimum absolute atomic E-state index is 0.0932. The quantitative estimate of drug-likeness (QED) is 0.725. The summed E-state index contributed by atoms with van der Waals surface area (Å²) >= 11 is 0. The van der Waals surface area contributed by atoms with E-state index in [0.29, 0.717) is 32.2 Å². The number of piperidine rings is 1. The van der Waals surface area contributed by atoms with Gasteiger partial charge in [0.25, 0.3) is 0 Å². The van der Waals surface area contributed by atoms with Gasteiger partial charge >= 0.3 is 0 Å².